The molecule has 10 heavy (non-hydrogen) atoms. The molecule has 2 aliphatic rings. The molecule has 2 atom stereocenters. The molecule has 0 aromatic heterocycles. The lowest BCUT2D eigenvalue weighted by molar-refractivity contribution is 0.409. The highest BCUT2D eigenvalue weighted by molar-refractivity contribution is 4.84. The lowest BCUT2D eigenvalue weighted by Gasteiger charge is -2.14. The number of nitrogens with zero attached hydrogens (tertiary/aromatic N) is 1. The van der Waals surface area contributed by atoms with Crippen LogP contribution in [0.2, 0.25) is 0 Å². The Morgan fingerprint density at radius 2 is 1.80 bits per heavy atom. The van der Waals surface area contributed by atoms with Crippen LogP contribution in [0, 0.1) is 5.92 Å². The van der Waals surface area contributed by atoms with Crippen molar-refractivity contribution in [2.75, 3.05) is 6.54 Å². The first-order valence-electron chi connectivity index (χ1n) is 4.63. The van der Waals surface area contributed by atoms with E-state index in [0.717, 1.165) is 18.5 Å². The van der Waals surface area contributed by atoms with E-state index in [2.05, 4.69) is 5.32 Å². The Morgan fingerprint density at radius 3 is 2.80 bits per heavy atom. The normalized spacial score (nSPS) is 40.8. The van der Waals surface area contributed by atoms with E-state index in [4.69, 9.17) is 0 Å². The Hall–Kier alpha value is -0.0400. The summed E-state index contributed by atoms with van der Waals surface area (Å²) < 4.78 is 0. The van der Waals surface area contributed by atoms with Gasteiger partial charge in [-0.05, 0) is 31.6 Å². The molecule has 1 saturated carbocycles. The number of hydrogen-bond acceptors (Lipinski definition) is 0. The van der Waals surface area contributed by atoms with Gasteiger partial charge in [-0.25, -0.2) is 5.32 Å². The Bertz CT molecular complexity index is 99.3. The molecule has 0 N–H and O–H groups in total. The van der Waals surface area contributed by atoms with Gasteiger partial charge in [0.15, 0.2) is 0 Å². The predicted molar refractivity (Wildman–Crippen MR) is 42.0 cm³/mol. The van der Waals surface area contributed by atoms with Gasteiger partial charge in [0.05, 0.1) is 0 Å². The predicted octanol–water partition coefficient (Wildman–Crippen LogP) is 1.94. The van der Waals surface area contributed by atoms with Gasteiger partial charge in [0, 0.05) is 12.6 Å². The summed E-state index contributed by atoms with van der Waals surface area (Å²) in [5.74, 6) is 0.988. The quantitative estimate of drug-likeness (QED) is 0.485. The second kappa shape index (κ2) is 2.91. The van der Waals surface area contributed by atoms with Gasteiger partial charge in [-0.1, -0.05) is 12.8 Å². The smallest absolute Gasteiger partial charge is 0.0274 e. The largest absolute Gasteiger partial charge is 0.238 e. The van der Waals surface area contributed by atoms with Crippen LogP contribution in [-0.2, 0) is 0 Å². The molecule has 1 heteroatoms. The van der Waals surface area contributed by atoms with E-state index in [-0.39, 0.29) is 0 Å². The maximum atomic E-state index is 4.69. The molecule has 0 aromatic rings. The van der Waals surface area contributed by atoms with Crippen LogP contribution in [0.15, 0.2) is 0 Å². The van der Waals surface area contributed by atoms with Gasteiger partial charge in [-0.3, -0.25) is 0 Å². The number of rotatable bonds is 0. The van der Waals surface area contributed by atoms with E-state index >= 15 is 0 Å². The molecule has 1 saturated heterocycles. The van der Waals surface area contributed by atoms with Crippen LogP contribution in [0.4, 0.5) is 0 Å². The SMILES string of the molecule is C1CCC2CCCC2[N]C1. The summed E-state index contributed by atoms with van der Waals surface area (Å²) in [5.41, 5.74) is 0. The fraction of sp³-hybridized carbons (Fsp3) is 1.00. The monoisotopic (exact) mass is 138 g/mol. The molecule has 1 radical (unpaired) electrons. The molecule has 57 valence electrons. The summed E-state index contributed by atoms with van der Waals surface area (Å²) in [6, 6.07) is 0.780. The molecule has 0 bridgehead atoms. The van der Waals surface area contributed by atoms with Crippen molar-refractivity contribution in [2.24, 2.45) is 5.92 Å². The highest BCUT2D eigenvalue weighted by Crippen LogP contribution is 2.31. The molecule has 1 heterocycles. The van der Waals surface area contributed by atoms with E-state index in [0.29, 0.717) is 0 Å². The number of fused-ring (bicyclic) bond motifs is 1. The molecule has 2 rings (SSSR count). The Labute approximate surface area is 63.2 Å². The number of hydrogen-bond donors (Lipinski definition) is 0. The van der Waals surface area contributed by atoms with Crippen molar-refractivity contribution in [3.05, 3.63) is 0 Å². The zero-order valence-electron chi connectivity index (χ0n) is 6.55. The molecular formula is C9H16N. The second-order valence-corrected chi connectivity index (χ2v) is 3.66. The van der Waals surface area contributed by atoms with Crippen molar-refractivity contribution in [3.8, 4) is 0 Å². The van der Waals surface area contributed by atoms with E-state index in [1.807, 2.05) is 0 Å². The Kier molecular flexibility index (Phi) is 1.94. The van der Waals surface area contributed by atoms with Gasteiger partial charge < -0.3 is 0 Å². The topological polar surface area (TPSA) is 14.1 Å². The first-order valence-corrected chi connectivity index (χ1v) is 4.63. The van der Waals surface area contributed by atoms with E-state index in [1.165, 1.54) is 38.5 Å². The highest BCUT2D eigenvalue weighted by atomic mass is 14.9. The van der Waals surface area contributed by atoms with Crippen LogP contribution in [0.3, 0.4) is 0 Å². The molecule has 1 nitrogen and oxygen atoms in total. The zero-order valence-corrected chi connectivity index (χ0v) is 6.55. The van der Waals surface area contributed by atoms with Crippen LogP contribution in [-0.4, -0.2) is 12.6 Å². The van der Waals surface area contributed by atoms with Gasteiger partial charge in [0.1, 0.15) is 0 Å². The van der Waals surface area contributed by atoms with Crippen LogP contribution < -0.4 is 5.32 Å². The van der Waals surface area contributed by atoms with Gasteiger partial charge in [-0.15, -0.1) is 0 Å². The van der Waals surface area contributed by atoms with Crippen LogP contribution in [0.25, 0.3) is 0 Å². The van der Waals surface area contributed by atoms with Crippen LogP contribution in [0.5, 0.6) is 0 Å². The van der Waals surface area contributed by atoms with Gasteiger partial charge in [-0.2, -0.15) is 0 Å². The highest BCUT2D eigenvalue weighted by Gasteiger charge is 2.28. The third-order valence-corrected chi connectivity index (χ3v) is 2.97. The van der Waals surface area contributed by atoms with E-state index in [9.17, 15) is 0 Å². The minimum absolute atomic E-state index is 0.780. The van der Waals surface area contributed by atoms with Crippen molar-refractivity contribution in [2.45, 2.75) is 44.6 Å². The maximum absolute atomic E-state index is 4.69. The van der Waals surface area contributed by atoms with Crippen molar-refractivity contribution in [1.82, 2.24) is 5.32 Å². The van der Waals surface area contributed by atoms with Crippen LogP contribution in [0.1, 0.15) is 38.5 Å². The molecule has 1 aliphatic carbocycles. The molecule has 1 aliphatic heterocycles. The average molecular weight is 138 g/mol. The van der Waals surface area contributed by atoms with Gasteiger partial charge in [0.2, 0.25) is 0 Å². The first kappa shape index (κ1) is 6.66. The minimum Gasteiger partial charge on any atom is -0.238 e. The molecule has 2 unspecified atom stereocenters. The lowest BCUT2D eigenvalue weighted by atomic mass is 9.99. The molecule has 0 amide bonds. The standard InChI is InChI=1S/C9H16N/c1-2-7-10-9-6-3-5-8(9)4-1/h8-9H,1-7H2. The average Bonchev–Trinajstić information content (AvgIpc) is 2.28. The van der Waals surface area contributed by atoms with Gasteiger partial charge >= 0.3 is 0 Å². The van der Waals surface area contributed by atoms with Crippen molar-refractivity contribution in [1.29, 1.82) is 0 Å². The maximum Gasteiger partial charge on any atom is 0.0274 e. The third-order valence-electron chi connectivity index (χ3n) is 2.97. The Morgan fingerprint density at radius 1 is 0.900 bits per heavy atom. The summed E-state index contributed by atoms with van der Waals surface area (Å²) >= 11 is 0. The van der Waals surface area contributed by atoms with E-state index < -0.39 is 0 Å². The van der Waals surface area contributed by atoms with Crippen molar-refractivity contribution < 1.29 is 0 Å². The molecule has 0 aromatic carbocycles. The zero-order chi connectivity index (χ0) is 6.81. The summed E-state index contributed by atoms with van der Waals surface area (Å²) in [7, 11) is 0. The first-order chi connectivity index (χ1) is 4.97. The molecular weight excluding hydrogens is 122 g/mol. The van der Waals surface area contributed by atoms with E-state index in [1.54, 1.807) is 0 Å². The van der Waals surface area contributed by atoms with Crippen molar-refractivity contribution in [3.63, 3.8) is 0 Å². The fourth-order valence-corrected chi connectivity index (χ4v) is 2.37. The molecule has 0 spiro atoms. The minimum atomic E-state index is 0.780. The Balaban J connectivity index is 1.95. The second-order valence-electron chi connectivity index (χ2n) is 3.66. The summed E-state index contributed by atoms with van der Waals surface area (Å²) in [5, 5.41) is 4.69. The third kappa shape index (κ3) is 1.20. The molecule has 2 fully saturated rings. The van der Waals surface area contributed by atoms with Gasteiger partial charge in [0.25, 0.3) is 0 Å². The summed E-state index contributed by atoms with van der Waals surface area (Å²) in [6.07, 6.45) is 8.56. The summed E-state index contributed by atoms with van der Waals surface area (Å²) in [4.78, 5) is 0. The fourth-order valence-electron chi connectivity index (χ4n) is 2.37. The lowest BCUT2D eigenvalue weighted by Crippen LogP contribution is -2.23. The van der Waals surface area contributed by atoms with Crippen molar-refractivity contribution >= 4 is 0 Å². The van der Waals surface area contributed by atoms with Crippen LogP contribution >= 0.6 is 0 Å². The summed E-state index contributed by atoms with van der Waals surface area (Å²) in [6.45, 7) is 1.15.